The van der Waals surface area contributed by atoms with Crippen molar-refractivity contribution < 1.29 is 69.0 Å². The number of esters is 1. The van der Waals surface area contributed by atoms with Crippen LogP contribution >= 0.6 is 0 Å². The van der Waals surface area contributed by atoms with E-state index in [1.807, 2.05) is 0 Å². The highest BCUT2D eigenvalue weighted by atomic mass is 16.7. The van der Waals surface area contributed by atoms with Gasteiger partial charge < -0.3 is 64.2 Å². The number of carbonyl (C=O) groups excluding carboxylic acids is 1. The monoisotopic (exact) mass is 1140 g/mol. The van der Waals surface area contributed by atoms with Crippen molar-refractivity contribution in [3.63, 3.8) is 0 Å². The largest absolute Gasteiger partial charge is 0.457 e. The summed E-state index contributed by atoms with van der Waals surface area (Å²) in [6.45, 7) is 3.57. The Labute approximate surface area is 490 Å². The molecule has 0 radical (unpaired) electrons. The maximum atomic E-state index is 13.1. The Bertz CT molecular complexity index is 1660. The van der Waals surface area contributed by atoms with Gasteiger partial charge in [-0.3, -0.25) is 4.79 Å². The molecule has 2 rings (SSSR count). The summed E-state index contributed by atoms with van der Waals surface area (Å²) in [5.74, 6) is -0.391. The Morgan fingerprint density at radius 1 is 0.420 bits per heavy atom. The molecule has 0 saturated carbocycles. The molecule has 2 fully saturated rings. The van der Waals surface area contributed by atoms with Crippen LogP contribution in [-0.2, 0) is 33.2 Å². The van der Waals surface area contributed by atoms with E-state index in [1.165, 1.54) is 109 Å². The van der Waals surface area contributed by atoms with Crippen LogP contribution in [0.3, 0.4) is 0 Å². The summed E-state index contributed by atoms with van der Waals surface area (Å²) < 4.78 is 34.5. The van der Waals surface area contributed by atoms with Gasteiger partial charge in [0.25, 0.3) is 0 Å². The van der Waals surface area contributed by atoms with Gasteiger partial charge >= 0.3 is 5.97 Å². The van der Waals surface area contributed by atoms with Gasteiger partial charge in [0.2, 0.25) is 0 Å². The smallest absolute Gasteiger partial charge is 0.306 e. The van der Waals surface area contributed by atoms with Crippen molar-refractivity contribution >= 4 is 5.97 Å². The van der Waals surface area contributed by atoms with Crippen LogP contribution in [0.2, 0.25) is 0 Å². The first-order valence-electron chi connectivity index (χ1n) is 32.2. The van der Waals surface area contributed by atoms with Crippen molar-refractivity contribution in [1.29, 1.82) is 0 Å². The minimum absolute atomic E-state index is 0.0508. The molecule has 11 unspecified atom stereocenters. The molecule has 0 bridgehead atoms. The molecule has 0 aromatic carbocycles. The summed E-state index contributed by atoms with van der Waals surface area (Å²) in [5.41, 5.74) is 0. The van der Waals surface area contributed by atoms with Gasteiger partial charge in [-0.15, -0.1) is 0 Å². The van der Waals surface area contributed by atoms with Gasteiger partial charge in [-0.1, -0.05) is 221 Å². The molecule has 0 spiro atoms. The highest BCUT2D eigenvalue weighted by molar-refractivity contribution is 5.69. The maximum Gasteiger partial charge on any atom is 0.306 e. The number of aliphatic hydroxyl groups is 7. The second kappa shape index (κ2) is 52.7. The molecule has 2 heterocycles. The average Bonchev–Trinajstić information content (AvgIpc) is 3.46. The Morgan fingerprint density at radius 2 is 0.802 bits per heavy atom. The topological polar surface area (TPSA) is 214 Å². The van der Waals surface area contributed by atoms with Crippen LogP contribution in [0, 0.1) is 0 Å². The van der Waals surface area contributed by atoms with E-state index in [2.05, 4.69) is 98.9 Å². The normalized spacial score (nSPS) is 24.3. The first kappa shape index (κ1) is 74.3. The summed E-state index contributed by atoms with van der Waals surface area (Å²) in [5, 5.41) is 72.5. The molecule has 468 valence electrons. The van der Waals surface area contributed by atoms with Crippen molar-refractivity contribution in [3.8, 4) is 0 Å². The van der Waals surface area contributed by atoms with Gasteiger partial charge in [0.1, 0.15) is 54.9 Å². The predicted molar refractivity (Wildman–Crippen MR) is 325 cm³/mol. The average molecular weight is 1150 g/mol. The molecule has 14 heteroatoms. The number of hydrogen-bond donors (Lipinski definition) is 7. The molecule has 11 atom stereocenters. The van der Waals surface area contributed by atoms with Crippen LogP contribution in [0.1, 0.15) is 232 Å². The second-order valence-electron chi connectivity index (χ2n) is 22.2. The van der Waals surface area contributed by atoms with E-state index >= 15 is 0 Å². The van der Waals surface area contributed by atoms with E-state index in [9.17, 15) is 40.5 Å². The van der Waals surface area contributed by atoms with Crippen LogP contribution in [0.15, 0.2) is 85.1 Å². The molecule has 0 aliphatic carbocycles. The predicted octanol–water partition coefficient (Wildman–Crippen LogP) is 12.8. The fourth-order valence-corrected chi connectivity index (χ4v) is 9.76. The minimum atomic E-state index is -1.72. The van der Waals surface area contributed by atoms with E-state index < -0.39 is 86.7 Å². The first-order valence-corrected chi connectivity index (χ1v) is 32.2. The van der Waals surface area contributed by atoms with Gasteiger partial charge in [-0.2, -0.15) is 0 Å². The molecule has 81 heavy (non-hydrogen) atoms. The van der Waals surface area contributed by atoms with E-state index in [0.29, 0.717) is 13.0 Å². The third kappa shape index (κ3) is 38.7. The summed E-state index contributed by atoms with van der Waals surface area (Å²) in [6, 6.07) is 0. The highest BCUT2D eigenvalue weighted by Crippen LogP contribution is 2.27. The summed E-state index contributed by atoms with van der Waals surface area (Å²) in [4.78, 5) is 13.1. The zero-order valence-electron chi connectivity index (χ0n) is 50.5. The molecule has 0 aromatic rings. The van der Waals surface area contributed by atoms with E-state index in [0.717, 1.165) is 96.3 Å². The maximum absolute atomic E-state index is 13.1. The Hall–Kier alpha value is -2.83. The fraction of sp³-hybridized carbons (Fsp3) is 0.776. The molecule has 7 N–H and O–H groups in total. The third-order valence-electron chi connectivity index (χ3n) is 14.9. The Balaban J connectivity index is 1.69. The third-order valence-corrected chi connectivity index (χ3v) is 14.9. The quantitative estimate of drug-likeness (QED) is 0.0172. The number of carbonyl (C=O) groups is 1. The van der Waals surface area contributed by atoms with Crippen LogP contribution in [0.25, 0.3) is 0 Å². The highest BCUT2D eigenvalue weighted by Gasteiger charge is 2.47. The summed E-state index contributed by atoms with van der Waals surface area (Å²) in [6.07, 6.45) is 53.5. The van der Waals surface area contributed by atoms with Gasteiger partial charge in [-0.25, -0.2) is 0 Å². The molecule has 2 aliphatic heterocycles. The zero-order valence-corrected chi connectivity index (χ0v) is 50.5. The SMILES string of the molecule is CC/C=C\C/C=C\C/C=C\C/C=C\C/C=C\C/C=C\CCCCCCCCC(=O)OC(COCCCCCCCCCCCC/C=C\CCCCCCCCCC)COC1OC(COC2OC(CO)C(O)C(O)C2O)C(O)C(O)C1O. The number of rotatable bonds is 52. The number of unbranched alkanes of at least 4 members (excludes halogenated alkanes) is 24. The number of aliphatic hydroxyl groups excluding tert-OH is 7. The minimum Gasteiger partial charge on any atom is -0.457 e. The molecular formula is C67H116O14. The fourth-order valence-electron chi connectivity index (χ4n) is 9.76. The lowest BCUT2D eigenvalue weighted by Crippen LogP contribution is -2.61. The van der Waals surface area contributed by atoms with Gasteiger partial charge in [0.15, 0.2) is 12.6 Å². The van der Waals surface area contributed by atoms with Crippen molar-refractivity contribution in [1.82, 2.24) is 0 Å². The van der Waals surface area contributed by atoms with Crippen LogP contribution in [0.4, 0.5) is 0 Å². The summed E-state index contributed by atoms with van der Waals surface area (Å²) in [7, 11) is 0. The molecule has 0 amide bonds. The van der Waals surface area contributed by atoms with Crippen molar-refractivity contribution in [2.75, 3.05) is 33.0 Å². The van der Waals surface area contributed by atoms with Gasteiger partial charge in [0, 0.05) is 13.0 Å². The Kier molecular flexibility index (Phi) is 48.3. The van der Waals surface area contributed by atoms with E-state index in [1.54, 1.807) is 0 Å². The lowest BCUT2D eigenvalue weighted by Gasteiger charge is -2.42. The number of hydrogen-bond acceptors (Lipinski definition) is 14. The molecule has 14 nitrogen and oxygen atoms in total. The number of ether oxygens (including phenoxy) is 6. The number of allylic oxidation sites excluding steroid dienone is 14. The molecule has 2 saturated heterocycles. The molecule has 2 aliphatic rings. The summed E-state index contributed by atoms with van der Waals surface area (Å²) >= 11 is 0. The van der Waals surface area contributed by atoms with Crippen molar-refractivity contribution in [2.45, 2.75) is 300 Å². The molecular weight excluding hydrogens is 1030 g/mol. The Morgan fingerprint density at radius 3 is 1.27 bits per heavy atom. The van der Waals surface area contributed by atoms with E-state index in [-0.39, 0.29) is 19.6 Å². The van der Waals surface area contributed by atoms with Crippen LogP contribution in [0.5, 0.6) is 0 Å². The van der Waals surface area contributed by atoms with Crippen molar-refractivity contribution in [3.05, 3.63) is 85.1 Å². The standard InChI is InChI=1S/C67H116O14/c1-3-5-7-9-11-13-15-17-19-21-23-25-27-28-29-30-32-34-36-38-40-42-44-46-48-50-59(69)79-56(53-76-51-49-47-45-43-41-39-37-35-33-31-26-24-22-20-18-16-14-12-10-8-6-4-2)54-77-66-65(75)63(73)61(71)58(81-66)55-78-67-64(74)62(72)60(70)57(52-68)80-67/h5,7,11,13,17,19,22-25,28-29,32,34,56-58,60-68,70-75H,3-4,6,8-10,12,14-16,18,20-21,26-27,30-31,33,35-55H2,1-2H3/b7-5-,13-11-,19-17-,24-22-,25-23-,29-28-,34-32-. The van der Waals surface area contributed by atoms with Crippen LogP contribution < -0.4 is 0 Å². The van der Waals surface area contributed by atoms with E-state index in [4.69, 9.17) is 28.4 Å². The lowest BCUT2D eigenvalue weighted by atomic mass is 9.98. The first-order chi connectivity index (χ1) is 39.6. The van der Waals surface area contributed by atoms with Crippen LogP contribution in [-0.4, -0.2) is 142 Å². The van der Waals surface area contributed by atoms with Gasteiger partial charge in [-0.05, 0) is 89.9 Å². The lowest BCUT2D eigenvalue weighted by molar-refractivity contribution is -0.332. The second-order valence-corrected chi connectivity index (χ2v) is 22.2. The zero-order chi connectivity index (χ0) is 58.6. The molecule has 0 aromatic heterocycles. The van der Waals surface area contributed by atoms with Crippen molar-refractivity contribution in [2.24, 2.45) is 0 Å². The van der Waals surface area contributed by atoms with Gasteiger partial charge in [0.05, 0.1) is 26.4 Å².